The Bertz CT molecular complexity index is 1170. The number of aromatic amines is 1. The Morgan fingerprint density at radius 2 is 1.68 bits per heavy atom. The summed E-state index contributed by atoms with van der Waals surface area (Å²) in [5.41, 5.74) is 2.93. The Kier molecular flexibility index (Phi) is 5.11. The van der Waals surface area contributed by atoms with Gasteiger partial charge in [-0.3, -0.25) is 10.1 Å². The lowest BCUT2D eigenvalue weighted by Crippen LogP contribution is -2.47. The number of ether oxygens (including phenoxy) is 1. The van der Waals surface area contributed by atoms with Crippen LogP contribution in [-0.2, 0) is 0 Å². The summed E-state index contributed by atoms with van der Waals surface area (Å²) in [5, 5.41) is 8.75. The summed E-state index contributed by atoms with van der Waals surface area (Å²) < 4.78 is 5.87. The molecule has 8 heteroatoms. The monoisotopic (exact) mass is 415 g/mol. The van der Waals surface area contributed by atoms with Crippen molar-refractivity contribution in [3.63, 3.8) is 0 Å². The Hall–Kier alpha value is -3.68. The van der Waals surface area contributed by atoms with Gasteiger partial charge in [0.2, 0.25) is 0 Å². The number of rotatable bonds is 5. The summed E-state index contributed by atoms with van der Waals surface area (Å²) in [7, 11) is 0. The van der Waals surface area contributed by atoms with E-state index in [2.05, 4.69) is 41.0 Å². The van der Waals surface area contributed by atoms with E-state index in [4.69, 9.17) is 4.74 Å². The number of fused-ring (bicyclic) bond motifs is 1. The molecular formula is C23H25N7O. The van der Waals surface area contributed by atoms with E-state index in [1.54, 1.807) is 12.4 Å². The van der Waals surface area contributed by atoms with Crippen molar-refractivity contribution < 1.29 is 4.74 Å². The summed E-state index contributed by atoms with van der Waals surface area (Å²) in [6.07, 6.45) is 7.23. The van der Waals surface area contributed by atoms with Gasteiger partial charge in [0, 0.05) is 55.7 Å². The minimum Gasteiger partial charge on any atom is -0.491 e. The van der Waals surface area contributed by atoms with Crippen LogP contribution in [0, 0.1) is 0 Å². The number of hydrogen-bond acceptors (Lipinski definition) is 7. The van der Waals surface area contributed by atoms with Gasteiger partial charge >= 0.3 is 0 Å². The van der Waals surface area contributed by atoms with Crippen molar-refractivity contribution in [1.29, 1.82) is 0 Å². The molecule has 1 aliphatic rings. The standard InChI is InChI=1S/C23H25N7O/c1-16(2)31-18-3-4-20-19(14-18)23(28-27-20)17-5-6-25-21(13-17)29-9-11-30(12-10-29)22-15-24-7-8-26-22/h3-8,13-16H,9-12H2,1-2H3,(H,27,28). The molecule has 3 aromatic heterocycles. The van der Waals surface area contributed by atoms with Crippen LogP contribution in [0.15, 0.2) is 55.1 Å². The maximum Gasteiger partial charge on any atom is 0.147 e. The van der Waals surface area contributed by atoms with Gasteiger partial charge in [0.05, 0.1) is 17.8 Å². The highest BCUT2D eigenvalue weighted by Crippen LogP contribution is 2.31. The minimum absolute atomic E-state index is 0.126. The van der Waals surface area contributed by atoms with E-state index in [0.717, 1.165) is 65.7 Å². The first-order chi connectivity index (χ1) is 15.2. The second-order valence-electron chi connectivity index (χ2n) is 7.89. The van der Waals surface area contributed by atoms with Crippen molar-refractivity contribution in [3.05, 3.63) is 55.1 Å². The molecular weight excluding hydrogens is 390 g/mol. The molecule has 0 atom stereocenters. The predicted molar refractivity (Wildman–Crippen MR) is 122 cm³/mol. The van der Waals surface area contributed by atoms with Crippen molar-refractivity contribution in [2.24, 2.45) is 0 Å². The first kappa shape index (κ1) is 19.3. The van der Waals surface area contributed by atoms with Crippen molar-refractivity contribution in [1.82, 2.24) is 25.1 Å². The number of aromatic nitrogens is 5. The molecule has 4 heterocycles. The molecule has 0 unspecified atom stereocenters. The molecule has 0 radical (unpaired) electrons. The molecule has 1 N–H and O–H groups in total. The predicted octanol–water partition coefficient (Wildman–Crippen LogP) is 3.53. The van der Waals surface area contributed by atoms with E-state index in [1.165, 1.54) is 0 Å². The summed E-state index contributed by atoms with van der Waals surface area (Å²) in [6, 6.07) is 10.2. The minimum atomic E-state index is 0.126. The van der Waals surface area contributed by atoms with E-state index in [1.807, 2.05) is 50.5 Å². The quantitative estimate of drug-likeness (QED) is 0.534. The molecule has 4 aromatic rings. The first-order valence-electron chi connectivity index (χ1n) is 10.5. The van der Waals surface area contributed by atoms with Gasteiger partial charge in [-0.2, -0.15) is 5.10 Å². The Labute approximate surface area is 180 Å². The van der Waals surface area contributed by atoms with Crippen molar-refractivity contribution in [3.8, 4) is 17.0 Å². The van der Waals surface area contributed by atoms with Crippen LogP contribution >= 0.6 is 0 Å². The molecule has 5 rings (SSSR count). The van der Waals surface area contributed by atoms with Gasteiger partial charge in [-0.15, -0.1) is 0 Å². The van der Waals surface area contributed by atoms with Crippen LogP contribution in [-0.4, -0.2) is 57.4 Å². The Morgan fingerprint density at radius 3 is 2.42 bits per heavy atom. The highest BCUT2D eigenvalue weighted by molar-refractivity contribution is 5.94. The molecule has 0 bridgehead atoms. The molecule has 0 amide bonds. The highest BCUT2D eigenvalue weighted by atomic mass is 16.5. The van der Waals surface area contributed by atoms with Gasteiger partial charge in [0.25, 0.3) is 0 Å². The van der Waals surface area contributed by atoms with Crippen molar-refractivity contribution in [2.75, 3.05) is 36.0 Å². The lowest BCUT2D eigenvalue weighted by Gasteiger charge is -2.35. The third-order valence-electron chi connectivity index (χ3n) is 5.40. The van der Waals surface area contributed by atoms with Crippen LogP contribution in [0.4, 0.5) is 11.6 Å². The van der Waals surface area contributed by atoms with Gasteiger partial charge in [-0.05, 0) is 44.2 Å². The molecule has 1 saturated heterocycles. The molecule has 1 aliphatic heterocycles. The topological polar surface area (TPSA) is 83.1 Å². The number of piperazine rings is 1. The number of H-pyrrole nitrogens is 1. The van der Waals surface area contributed by atoms with E-state index >= 15 is 0 Å². The molecule has 0 aliphatic carbocycles. The Balaban J connectivity index is 1.37. The fourth-order valence-corrected chi connectivity index (χ4v) is 3.92. The molecule has 0 saturated carbocycles. The maximum atomic E-state index is 5.87. The van der Waals surface area contributed by atoms with E-state index in [-0.39, 0.29) is 6.10 Å². The second-order valence-corrected chi connectivity index (χ2v) is 7.89. The second kappa shape index (κ2) is 8.22. The zero-order valence-electron chi connectivity index (χ0n) is 17.7. The fourth-order valence-electron chi connectivity index (χ4n) is 3.92. The number of nitrogens with one attached hydrogen (secondary N) is 1. The van der Waals surface area contributed by atoms with Crippen LogP contribution in [0.25, 0.3) is 22.2 Å². The number of nitrogens with zero attached hydrogens (tertiary/aromatic N) is 6. The highest BCUT2D eigenvalue weighted by Gasteiger charge is 2.20. The molecule has 1 fully saturated rings. The summed E-state index contributed by atoms with van der Waals surface area (Å²) in [6.45, 7) is 7.57. The summed E-state index contributed by atoms with van der Waals surface area (Å²) >= 11 is 0. The average molecular weight is 416 g/mol. The summed E-state index contributed by atoms with van der Waals surface area (Å²) in [4.78, 5) is 17.8. The third-order valence-corrected chi connectivity index (χ3v) is 5.40. The SMILES string of the molecule is CC(C)Oc1ccc2[nH]nc(-c3ccnc(N4CCN(c5cnccn5)CC4)c3)c2c1. The van der Waals surface area contributed by atoms with E-state index < -0.39 is 0 Å². The smallest absolute Gasteiger partial charge is 0.147 e. The lowest BCUT2D eigenvalue weighted by molar-refractivity contribution is 0.243. The van der Waals surface area contributed by atoms with E-state index in [9.17, 15) is 0 Å². The van der Waals surface area contributed by atoms with Crippen LogP contribution in [0.5, 0.6) is 5.75 Å². The molecule has 8 nitrogen and oxygen atoms in total. The molecule has 158 valence electrons. The number of hydrogen-bond donors (Lipinski definition) is 1. The van der Waals surface area contributed by atoms with E-state index in [0.29, 0.717) is 0 Å². The molecule has 1 aromatic carbocycles. The summed E-state index contributed by atoms with van der Waals surface area (Å²) in [5.74, 6) is 2.73. The Morgan fingerprint density at radius 1 is 0.903 bits per heavy atom. The number of anilines is 2. The molecule has 0 spiro atoms. The average Bonchev–Trinajstić information content (AvgIpc) is 3.23. The zero-order valence-corrected chi connectivity index (χ0v) is 17.7. The van der Waals surface area contributed by atoms with Gasteiger partial charge in [0.15, 0.2) is 0 Å². The van der Waals surface area contributed by atoms with Crippen LogP contribution in [0.3, 0.4) is 0 Å². The third kappa shape index (κ3) is 4.01. The normalized spacial score (nSPS) is 14.4. The zero-order chi connectivity index (χ0) is 21.2. The van der Waals surface area contributed by atoms with Gasteiger partial charge in [-0.1, -0.05) is 0 Å². The van der Waals surface area contributed by atoms with Gasteiger partial charge < -0.3 is 14.5 Å². The van der Waals surface area contributed by atoms with Gasteiger partial charge in [0.1, 0.15) is 23.1 Å². The largest absolute Gasteiger partial charge is 0.491 e. The lowest BCUT2D eigenvalue weighted by atomic mass is 10.1. The number of benzene rings is 1. The van der Waals surface area contributed by atoms with Crippen LogP contribution in [0.2, 0.25) is 0 Å². The van der Waals surface area contributed by atoms with Crippen LogP contribution < -0.4 is 14.5 Å². The molecule has 31 heavy (non-hydrogen) atoms. The maximum absolute atomic E-state index is 5.87. The van der Waals surface area contributed by atoms with Gasteiger partial charge in [-0.25, -0.2) is 9.97 Å². The van der Waals surface area contributed by atoms with Crippen LogP contribution in [0.1, 0.15) is 13.8 Å². The fraction of sp³-hybridized carbons (Fsp3) is 0.304. The first-order valence-corrected chi connectivity index (χ1v) is 10.5. The number of pyridine rings is 1. The van der Waals surface area contributed by atoms with Crippen molar-refractivity contribution in [2.45, 2.75) is 20.0 Å². The van der Waals surface area contributed by atoms with Crippen molar-refractivity contribution >= 4 is 22.5 Å².